The van der Waals surface area contributed by atoms with Gasteiger partial charge in [-0.1, -0.05) is 13.8 Å². The van der Waals surface area contributed by atoms with E-state index in [1.54, 1.807) is 23.1 Å². The molecule has 2 amide bonds. The first-order valence-corrected chi connectivity index (χ1v) is 9.03. The molecular formula is C20H32N2O4. The molecule has 1 N–H and O–H groups in total. The van der Waals surface area contributed by atoms with Crippen LogP contribution in [-0.4, -0.2) is 49.6 Å². The van der Waals surface area contributed by atoms with E-state index in [-0.39, 0.29) is 30.5 Å². The predicted molar refractivity (Wildman–Crippen MR) is 103 cm³/mol. The minimum absolute atomic E-state index is 0.0522. The minimum Gasteiger partial charge on any atom is -0.493 e. The molecular weight excluding hydrogens is 332 g/mol. The summed E-state index contributed by atoms with van der Waals surface area (Å²) in [6, 6.07) is 5.20. The zero-order valence-corrected chi connectivity index (χ0v) is 17.0. The minimum atomic E-state index is -0.204. The van der Waals surface area contributed by atoms with Crippen LogP contribution >= 0.6 is 0 Å². The SMILES string of the molecule is COc1cc(C(=O)N(C)C(C)CC(C)C)ccc1OCC(=O)NC(C)C. The van der Waals surface area contributed by atoms with Crippen LogP contribution in [-0.2, 0) is 4.79 Å². The van der Waals surface area contributed by atoms with E-state index in [0.717, 1.165) is 6.42 Å². The van der Waals surface area contributed by atoms with Crippen LogP contribution in [0.25, 0.3) is 0 Å². The molecule has 0 heterocycles. The van der Waals surface area contributed by atoms with Gasteiger partial charge in [-0.15, -0.1) is 0 Å². The van der Waals surface area contributed by atoms with Crippen molar-refractivity contribution in [1.82, 2.24) is 10.2 Å². The molecule has 26 heavy (non-hydrogen) atoms. The van der Waals surface area contributed by atoms with Crippen molar-refractivity contribution in [2.75, 3.05) is 20.8 Å². The Kier molecular flexibility index (Phi) is 8.42. The first-order valence-electron chi connectivity index (χ1n) is 9.03. The Balaban J connectivity index is 2.84. The average molecular weight is 364 g/mol. The van der Waals surface area contributed by atoms with Crippen LogP contribution < -0.4 is 14.8 Å². The normalized spacial score (nSPS) is 12.0. The van der Waals surface area contributed by atoms with E-state index < -0.39 is 0 Å². The van der Waals surface area contributed by atoms with E-state index in [2.05, 4.69) is 19.2 Å². The summed E-state index contributed by atoms with van der Waals surface area (Å²) in [5, 5.41) is 2.76. The molecule has 0 saturated heterocycles. The Labute approximate surface area is 156 Å². The van der Waals surface area contributed by atoms with E-state index in [9.17, 15) is 9.59 Å². The second-order valence-corrected chi connectivity index (χ2v) is 7.27. The molecule has 1 atom stereocenters. The highest BCUT2D eigenvalue weighted by molar-refractivity contribution is 5.95. The van der Waals surface area contributed by atoms with E-state index in [1.807, 2.05) is 27.8 Å². The molecule has 0 fully saturated rings. The lowest BCUT2D eigenvalue weighted by Crippen LogP contribution is -2.36. The molecule has 0 aromatic heterocycles. The van der Waals surface area contributed by atoms with Gasteiger partial charge in [-0.2, -0.15) is 0 Å². The third-order valence-corrected chi connectivity index (χ3v) is 4.01. The fourth-order valence-corrected chi connectivity index (χ4v) is 2.67. The van der Waals surface area contributed by atoms with Gasteiger partial charge in [0.1, 0.15) is 0 Å². The molecule has 1 aromatic rings. The highest BCUT2D eigenvalue weighted by atomic mass is 16.5. The van der Waals surface area contributed by atoms with Crippen LogP contribution in [0.4, 0.5) is 0 Å². The highest BCUT2D eigenvalue weighted by Crippen LogP contribution is 2.29. The van der Waals surface area contributed by atoms with Gasteiger partial charge in [0.2, 0.25) is 0 Å². The topological polar surface area (TPSA) is 67.9 Å². The summed E-state index contributed by atoms with van der Waals surface area (Å²) in [6.07, 6.45) is 0.936. The zero-order chi connectivity index (χ0) is 19.9. The number of ether oxygens (including phenoxy) is 2. The van der Waals surface area contributed by atoms with Gasteiger partial charge in [-0.05, 0) is 51.3 Å². The molecule has 146 valence electrons. The largest absolute Gasteiger partial charge is 0.493 e. The Morgan fingerprint density at radius 2 is 1.77 bits per heavy atom. The maximum absolute atomic E-state index is 12.7. The third kappa shape index (κ3) is 6.58. The standard InChI is InChI=1S/C20H32N2O4/c1-13(2)10-15(5)22(6)20(24)16-8-9-17(18(11-16)25-7)26-12-19(23)21-14(3)4/h8-9,11,13-15H,10,12H2,1-7H3,(H,21,23). The van der Waals surface area contributed by atoms with Crippen LogP contribution in [0.3, 0.4) is 0 Å². The van der Waals surface area contributed by atoms with Crippen LogP contribution in [0.1, 0.15) is 51.4 Å². The number of carbonyl (C=O) groups is 2. The van der Waals surface area contributed by atoms with Crippen molar-refractivity contribution in [3.63, 3.8) is 0 Å². The summed E-state index contributed by atoms with van der Waals surface area (Å²) in [5.41, 5.74) is 0.527. The maximum Gasteiger partial charge on any atom is 0.258 e. The Morgan fingerprint density at radius 1 is 1.12 bits per heavy atom. The van der Waals surface area contributed by atoms with E-state index in [1.165, 1.54) is 7.11 Å². The smallest absolute Gasteiger partial charge is 0.258 e. The number of carbonyl (C=O) groups excluding carboxylic acids is 2. The number of nitrogens with one attached hydrogen (secondary N) is 1. The molecule has 1 unspecified atom stereocenters. The molecule has 0 aliphatic carbocycles. The molecule has 1 aromatic carbocycles. The number of nitrogens with zero attached hydrogens (tertiary/aromatic N) is 1. The quantitative estimate of drug-likeness (QED) is 0.731. The molecule has 0 bridgehead atoms. The lowest BCUT2D eigenvalue weighted by atomic mass is 10.0. The van der Waals surface area contributed by atoms with E-state index in [0.29, 0.717) is 23.0 Å². The second-order valence-electron chi connectivity index (χ2n) is 7.27. The van der Waals surface area contributed by atoms with Crippen LogP contribution in [0.5, 0.6) is 11.5 Å². The van der Waals surface area contributed by atoms with E-state index >= 15 is 0 Å². The van der Waals surface area contributed by atoms with Crippen molar-refractivity contribution in [3.05, 3.63) is 23.8 Å². The van der Waals surface area contributed by atoms with Gasteiger partial charge in [0, 0.05) is 24.7 Å². The molecule has 0 spiro atoms. The van der Waals surface area contributed by atoms with Crippen LogP contribution in [0, 0.1) is 5.92 Å². The fourth-order valence-electron chi connectivity index (χ4n) is 2.67. The Hall–Kier alpha value is -2.24. The number of benzene rings is 1. The highest BCUT2D eigenvalue weighted by Gasteiger charge is 2.20. The second kappa shape index (κ2) is 10.0. The summed E-state index contributed by atoms with van der Waals surface area (Å²) < 4.78 is 10.9. The number of rotatable bonds is 9. The first-order chi connectivity index (χ1) is 12.1. The van der Waals surface area contributed by atoms with E-state index in [4.69, 9.17) is 9.47 Å². The number of methoxy groups -OCH3 is 1. The zero-order valence-electron chi connectivity index (χ0n) is 17.0. The van der Waals surface area contributed by atoms with Gasteiger partial charge in [-0.3, -0.25) is 9.59 Å². The molecule has 6 heteroatoms. The molecule has 1 rings (SSSR count). The summed E-state index contributed by atoms with van der Waals surface area (Å²) >= 11 is 0. The summed E-state index contributed by atoms with van der Waals surface area (Å²) in [7, 11) is 3.32. The van der Waals surface area contributed by atoms with Crippen molar-refractivity contribution < 1.29 is 19.1 Å². The van der Waals surface area contributed by atoms with Crippen LogP contribution in [0.2, 0.25) is 0 Å². The molecule has 0 aliphatic rings. The van der Waals surface area contributed by atoms with Gasteiger partial charge < -0.3 is 19.7 Å². The third-order valence-electron chi connectivity index (χ3n) is 4.01. The van der Waals surface area contributed by atoms with Gasteiger partial charge >= 0.3 is 0 Å². The lowest BCUT2D eigenvalue weighted by molar-refractivity contribution is -0.123. The molecule has 0 radical (unpaired) electrons. The van der Waals surface area contributed by atoms with Crippen molar-refractivity contribution in [1.29, 1.82) is 0 Å². The Morgan fingerprint density at radius 3 is 2.31 bits per heavy atom. The Bertz CT molecular complexity index is 614. The average Bonchev–Trinajstić information content (AvgIpc) is 2.57. The van der Waals surface area contributed by atoms with Gasteiger partial charge in [0.25, 0.3) is 11.8 Å². The lowest BCUT2D eigenvalue weighted by Gasteiger charge is -2.26. The molecule has 6 nitrogen and oxygen atoms in total. The fraction of sp³-hybridized carbons (Fsp3) is 0.600. The van der Waals surface area contributed by atoms with Gasteiger partial charge in [-0.25, -0.2) is 0 Å². The summed E-state index contributed by atoms with van der Waals surface area (Å²) in [4.78, 5) is 26.2. The van der Waals surface area contributed by atoms with Crippen molar-refractivity contribution in [2.45, 2.75) is 53.1 Å². The van der Waals surface area contributed by atoms with Crippen molar-refractivity contribution >= 4 is 11.8 Å². The van der Waals surface area contributed by atoms with Crippen molar-refractivity contribution in [2.24, 2.45) is 5.92 Å². The van der Waals surface area contributed by atoms with Crippen LogP contribution in [0.15, 0.2) is 18.2 Å². The molecule has 0 saturated carbocycles. The maximum atomic E-state index is 12.7. The summed E-state index contributed by atoms with van der Waals surface area (Å²) in [6.45, 7) is 9.98. The summed E-state index contributed by atoms with van der Waals surface area (Å²) in [5.74, 6) is 1.10. The van der Waals surface area contributed by atoms with Gasteiger partial charge in [0.05, 0.1) is 7.11 Å². The first kappa shape index (κ1) is 21.8. The number of hydrogen-bond acceptors (Lipinski definition) is 4. The van der Waals surface area contributed by atoms with Crippen molar-refractivity contribution in [3.8, 4) is 11.5 Å². The predicted octanol–water partition coefficient (Wildman–Crippen LogP) is 3.11. The van der Waals surface area contributed by atoms with Gasteiger partial charge in [0.15, 0.2) is 18.1 Å². The number of hydrogen-bond donors (Lipinski definition) is 1. The monoisotopic (exact) mass is 364 g/mol. The molecule has 0 aliphatic heterocycles. The number of amides is 2.